The third-order valence-electron chi connectivity index (χ3n) is 3.37. The number of piperidine rings is 1. The smallest absolute Gasteiger partial charge is 0.410 e. The summed E-state index contributed by atoms with van der Waals surface area (Å²) in [5, 5.41) is 0. The minimum absolute atomic E-state index is 0.160. The van der Waals surface area contributed by atoms with Crippen LogP contribution in [-0.4, -0.2) is 34.7 Å². The summed E-state index contributed by atoms with van der Waals surface area (Å²) in [6.07, 6.45) is 3.85. The number of amides is 1. The number of hydrogen-bond donors (Lipinski definition) is 1. The first-order chi connectivity index (χ1) is 7.37. The van der Waals surface area contributed by atoms with Gasteiger partial charge in [0, 0.05) is 18.1 Å². The van der Waals surface area contributed by atoms with E-state index in [1.807, 2.05) is 25.7 Å². The molecule has 0 radical (unpaired) electrons. The maximum Gasteiger partial charge on any atom is 0.410 e. The van der Waals surface area contributed by atoms with Gasteiger partial charge in [0.05, 0.1) is 0 Å². The highest BCUT2D eigenvalue weighted by Gasteiger charge is 2.43. The fraction of sp³-hybridized carbons (Fsp3) is 0.917. The number of rotatable bonds is 0. The quantitative estimate of drug-likeness (QED) is 0.686. The van der Waals surface area contributed by atoms with Crippen molar-refractivity contribution in [1.82, 2.24) is 4.90 Å². The van der Waals surface area contributed by atoms with E-state index in [4.69, 9.17) is 10.5 Å². The summed E-state index contributed by atoms with van der Waals surface area (Å²) in [7, 11) is 0. The van der Waals surface area contributed by atoms with Gasteiger partial charge in [-0.1, -0.05) is 0 Å². The lowest BCUT2D eigenvalue weighted by atomic mass is 9.99. The summed E-state index contributed by atoms with van der Waals surface area (Å²) in [5.41, 5.74) is 5.56. The zero-order valence-corrected chi connectivity index (χ0v) is 10.4. The highest BCUT2D eigenvalue weighted by molar-refractivity contribution is 5.69. The van der Waals surface area contributed by atoms with Crippen molar-refractivity contribution >= 4 is 6.09 Å². The molecule has 4 heteroatoms. The van der Waals surface area contributed by atoms with Crippen LogP contribution in [-0.2, 0) is 4.74 Å². The first kappa shape index (κ1) is 11.7. The molecule has 0 aromatic heterocycles. The lowest BCUT2D eigenvalue weighted by Crippen LogP contribution is -2.51. The molecular weight excluding hydrogens is 204 g/mol. The average molecular weight is 226 g/mol. The van der Waals surface area contributed by atoms with Gasteiger partial charge in [0.15, 0.2) is 0 Å². The second-order valence-electron chi connectivity index (χ2n) is 6.00. The molecule has 2 aliphatic heterocycles. The number of nitrogens with zero attached hydrogens (tertiary/aromatic N) is 1. The predicted molar refractivity (Wildman–Crippen MR) is 62.1 cm³/mol. The molecule has 3 atom stereocenters. The van der Waals surface area contributed by atoms with Gasteiger partial charge in [-0.25, -0.2) is 4.79 Å². The molecule has 2 N–H and O–H groups in total. The maximum absolute atomic E-state index is 12.0. The maximum atomic E-state index is 12.0. The molecule has 2 unspecified atom stereocenters. The van der Waals surface area contributed by atoms with Crippen molar-refractivity contribution in [3.05, 3.63) is 0 Å². The van der Waals surface area contributed by atoms with E-state index >= 15 is 0 Å². The van der Waals surface area contributed by atoms with Crippen LogP contribution >= 0.6 is 0 Å². The molecule has 2 heterocycles. The number of carbonyl (C=O) groups is 1. The lowest BCUT2D eigenvalue weighted by molar-refractivity contribution is 0.00620. The monoisotopic (exact) mass is 226 g/mol. The molecule has 0 saturated carbocycles. The number of ether oxygens (including phenoxy) is 1. The van der Waals surface area contributed by atoms with Crippen LogP contribution in [0.1, 0.15) is 46.5 Å². The number of nitrogens with two attached hydrogens (primary N) is 1. The fourth-order valence-corrected chi connectivity index (χ4v) is 2.83. The molecule has 0 spiro atoms. The van der Waals surface area contributed by atoms with Gasteiger partial charge in [0.2, 0.25) is 0 Å². The summed E-state index contributed by atoms with van der Waals surface area (Å²) >= 11 is 0. The Kier molecular flexibility index (Phi) is 2.86. The van der Waals surface area contributed by atoms with Crippen LogP contribution in [0, 0.1) is 0 Å². The van der Waals surface area contributed by atoms with Crippen molar-refractivity contribution in [2.75, 3.05) is 0 Å². The van der Waals surface area contributed by atoms with Gasteiger partial charge in [-0.05, 0) is 46.5 Å². The molecule has 2 saturated heterocycles. The topological polar surface area (TPSA) is 55.6 Å². The van der Waals surface area contributed by atoms with Crippen LogP contribution in [0.2, 0.25) is 0 Å². The van der Waals surface area contributed by atoms with Gasteiger partial charge in [-0.2, -0.15) is 0 Å². The Morgan fingerprint density at radius 3 is 2.19 bits per heavy atom. The van der Waals surface area contributed by atoms with Crippen molar-refractivity contribution in [3.8, 4) is 0 Å². The molecular formula is C12H22N2O2. The molecule has 4 nitrogen and oxygen atoms in total. The van der Waals surface area contributed by atoms with Crippen LogP contribution in [0.25, 0.3) is 0 Å². The standard InChI is InChI=1S/C12H22N2O2/c1-12(2,3)16-11(15)14-9-4-5-10(14)7-8(13)6-9/h8-10H,4-7,13H2,1-3H3/t8?,9-,10?/m1/s1. The van der Waals surface area contributed by atoms with E-state index in [1.165, 1.54) is 0 Å². The molecule has 0 aromatic rings. The Morgan fingerprint density at radius 2 is 1.75 bits per heavy atom. The second-order valence-corrected chi connectivity index (χ2v) is 6.00. The van der Waals surface area contributed by atoms with E-state index in [1.54, 1.807) is 0 Å². The predicted octanol–water partition coefficient (Wildman–Crippen LogP) is 1.88. The van der Waals surface area contributed by atoms with Crippen LogP contribution in [0.4, 0.5) is 4.79 Å². The fourth-order valence-electron chi connectivity index (χ4n) is 2.83. The first-order valence-electron chi connectivity index (χ1n) is 6.14. The minimum atomic E-state index is -0.407. The van der Waals surface area contributed by atoms with Gasteiger partial charge < -0.3 is 15.4 Å². The molecule has 2 aliphatic rings. The van der Waals surface area contributed by atoms with E-state index in [-0.39, 0.29) is 12.1 Å². The third-order valence-corrected chi connectivity index (χ3v) is 3.37. The van der Waals surface area contributed by atoms with Crippen molar-refractivity contribution in [3.63, 3.8) is 0 Å². The summed E-state index contributed by atoms with van der Waals surface area (Å²) in [6.45, 7) is 5.72. The summed E-state index contributed by atoms with van der Waals surface area (Å²) in [4.78, 5) is 14.0. The van der Waals surface area contributed by atoms with Gasteiger partial charge >= 0.3 is 6.09 Å². The molecule has 2 rings (SSSR count). The summed E-state index contributed by atoms with van der Waals surface area (Å²) in [6, 6.07) is 0.878. The summed E-state index contributed by atoms with van der Waals surface area (Å²) in [5.74, 6) is 0. The van der Waals surface area contributed by atoms with Gasteiger partial charge in [0.1, 0.15) is 5.60 Å². The molecule has 0 aliphatic carbocycles. The SMILES string of the molecule is CC(C)(C)OC(=O)N1C2CC[C@@H]1CC(N)C2. The number of fused-ring (bicyclic) bond motifs is 2. The Labute approximate surface area is 97.1 Å². The number of hydrogen-bond acceptors (Lipinski definition) is 3. The molecule has 0 aromatic carbocycles. The Hall–Kier alpha value is -0.770. The zero-order chi connectivity index (χ0) is 11.9. The van der Waals surface area contributed by atoms with E-state index in [0.29, 0.717) is 12.1 Å². The highest BCUT2D eigenvalue weighted by atomic mass is 16.6. The average Bonchev–Trinajstić information content (AvgIpc) is 2.36. The van der Waals surface area contributed by atoms with Gasteiger partial charge in [-0.3, -0.25) is 0 Å². The molecule has 92 valence electrons. The van der Waals surface area contributed by atoms with Crippen molar-refractivity contribution in [2.45, 2.75) is 70.2 Å². The van der Waals surface area contributed by atoms with Crippen molar-refractivity contribution in [1.29, 1.82) is 0 Å². The van der Waals surface area contributed by atoms with Crippen molar-refractivity contribution in [2.24, 2.45) is 5.73 Å². The molecule has 2 bridgehead atoms. The van der Waals surface area contributed by atoms with E-state index in [2.05, 4.69) is 0 Å². The molecule has 16 heavy (non-hydrogen) atoms. The minimum Gasteiger partial charge on any atom is -0.444 e. The van der Waals surface area contributed by atoms with Crippen LogP contribution in [0.5, 0.6) is 0 Å². The van der Waals surface area contributed by atoms with Crippen LogP contribution in [0.15, 0.2) is 0 Å². The zero-order valence-electron chi connectivity index (χ0n) is 10.4. The second kappa shape index (κ2) is 3.91. The Bertz CT molecular complexity index is 271. The summed E-state index contributed by atoms with van der Waals surface area (Å²) < 4.78 is 5.44. The van der Waals surface area contributed by atoms with Gasteiger partial charge in [0.25, 0.3) is 0 Å². The highest BCUT2D eigenvalue weighted by Crippen LogP contribution is 2.36. The van der Waals surface area contributed by atoms with Crippen molar-refractivity contribution < 1.29 is 9.53 Å². The number of carbonyl (C=O) groups excluding carboxylic acids is 1. The van der Waals surface area contributed by atoms with E-state index in [9.17, 15) is 4.79 Å². The third kappa shape index (κ3) is 2.32. The Balaban J connectivity index is 2.03. The van der Waals surface area contributed by atoms with Gasteiger partial charge in [-0.15, -0.1) is 0 Å². The van der Waals surface area contributed by atoms with Crippen LogP contribution < -0.4 is 5.73 Å². The van der Waals surface area contributed by atoms with Crippen LogP contribution in [0.3, 0.4) is 0 Å². The molecule has 1 amide bonds. The first-order valence-corrected chi connectivity index (χ1v) is 6.14. The van der Waals surface area contributed by atoms with E-state index < -0.39 is 5.60 Å². The largest absolute Gasteiger partial charge is 0.444 e. The lowest BCUT2D eigenvalue weighted by Gasteiger charge is -2.38. The Morgan fingerprint density at radius 1 is 1.25 bits per heavy atom. The molecule has 2 fully saturated rings. The normalized spacial score (nSPS) is 34.0. The van der Waals surface area contributed by atoms with E-state index in [0.717, 1.165) is 25.7 Å².